The topological polar surface area (TPSA) is 17.0 Å². The molecular weight excluding hydrogens is 605 g/mol. The Morgan fingerprint density at radius 3 is 2.12 bits per heavy atom. The summed E-state index contributed by atoms with van der Waals surface area (Å²) in [5.74, 6) is 0. The van der Waals surface area contributed by atoms with Crippen molar-refractivity contribution in [1.82, 2.24) is 4.57 Å². The van der Waals surface area contributed by atoms with Crippen LogP contribution in [-0.2, 0) is 6.42 Å². The molecule has 0 fully saturated rings. The summed E-state index contributed by atoms with van der Waals surface area (Å²) in [5, 5.41) is 14.2. The predicted octanol–water partition coefficient (Wildman–Crippen LogP) is 11.3. The molecule has 0 saturated carbocycles. The highest BCUT2D eigenvalue weighted by Gasteiger charge is 2.18. The summed E-state index contributed by atoms with van der Waals surface area (Å²) in [6.07, 6.45) is 13.9. The van der Waals surface area contributed by atoms with Gasteiger partial charge in [-0.1, -0.05) is 127 Å². The average molecular weight is 641 g/mol. The summed E-state index contributed by atoms with van der Waals surface area (Å²) < 4.78 is 2.50. The van der Waals surface area contributed by atoms with Crippen LogP contribution in [0.4, 0.5) is 11.4 Å². The second-order valence-electron chi connectivity index (χ2n) is 13.6. The lowest BCUT2D eigenvalue weighted by molar-refractivity contribution is 0.857. The van der Waals surface area contributed by atoms with Crippen LogP contribution in [0.2, 0.25) is 0 Å². The van der Waals surface area contributed by atoms with Crippen LogP contribution < -0.4 is 15.9 Å². The van der Waals surface area contributed by atoms with Crippen LogP contribution in [0.15, 0.2) is 146 Å². The van der Waals surface area contributed by atoms with Crippen LogP contribution in [0.25, 0.3) is 78.5 Å². The molecular formula is C48H36N2. The molecule has 0 bridgehead atoms. The highest BCUT2D eigenvalue weighted by atomic mass is 15.0. The number of aromatic nitrogens is 1. The average Bonchev–Trinajstić information content (AvgIpc) is 3.52. The van der Waals surface area contributed by atoms with Crippen molar-refractivity contribution in [3.63, 3.8) is 0 Å². The van der Waals surface area contributed by atoms with Gasteiger partial charge in [-0.05, 0) is 111 Å². The van der Waals surface area contributed by atoms with Gasteiger partial charge in [-0.2, -0.15) is 0 Å². The molecule has 50 heavy (non-hydrogen) atoms. The zero-order valence-electron chi connectivity index (χ0n) is 27.9. The zero-order chi connectivity index (χ0) is 33.0. The molecule has 0 saturated heterocycles. The molecule has 10 rings (SSSR count). The van der Waals surface area contributed by atoms with Crippen LogP contribution in [0, 0.1) is 0 Å². The van der Waals surface area contributed by atoms with Gasteiger partial charge in [-0.3, -0.25) is 0 Å². The SMILES string of the molecule is C1=Cc2c(n(-c3ccc(-c4ccc(Nc5ccccc5-c5cc6ccccc6c6ccc7ccccc7c56)cc4)cc3)c3c2=CCCC=3)CC1. The number of nitrogens with one attached hydrogen (secondary N) is 1. The number of nitrogens with zero attached hydrogens (tertiary/aromatic N) is 1. The van der Waals surface area contributed by atoms with E-state index in [4.69, 9.17) is 0 Å². The Kier molecular flexibility index (Phi) is 6.80. The molecule has 7 aromatic carbocycles. The first-order chi connectivity index (χ1) is 24.8. The monoisotopic (exact) mass is 640 g/mol. The lowest BCUT2D eigenvalue weighted by Crippen LogP contribution is -2.31. The Hall–Kier alpha value is -6.12. The van der Waals surface area contributed by atoms with Crippen molar-refractivity contribution in [3.05, 3.63) is 167 Å². The summed E-state index contributed by atoms with van der Waals surface area (Å²) in [5.41, 5.74) is 11.1. The second kappa shape index (κ2) is 11.8. The predicted molar refractivity (Wildman–Crippen MR) is 214 cm³/mol. The van der Waals surface area contributed by atoms with E-state index >= 15 is 0 Å². The maximum Gasteiger partial charge on any atom is 0.0494 e. The van der Waals surface area contributed by atoms with Crippen LogP contribution >= 0.6 is 0 Å². The van der Waals surface area contributed by atoms with Gasteiger partial charge in [0, 0.05) is 44.5 Å². The van der Waals surface area contributed by atoms with Gasteiger partial charge in [-0.15, -0.1) is 0 Å². The van der Waals surface area contributed by atoms with E-state index in [1.165, 1.54) is 82.1 Å². The van der Waals surface area contributed by atoms with Gasteiger partial charge >= 0.3 is 0 Å². The molecule has 0 amide bonds. The molecule has 2 heteroatoms. The third-order valence-corrected chi connectivity index (χ3v) is 10.7. The number of fused-ring (bicyclic) bond motifs is 8. The lowest BCUT2D eigenvalue weighted by atomic mass is 9.89. The lowest BCUT2D eigenvalue weighted by Gasteiger charge is -2.17. The smallest absolute Gasteiger partial charge is 0.0494 e. The van der Waals surface area contributed by atoms with Gasteiger partial charge in [0.2, 0.25) is 0 Å². The molecule has 2 nitrogen and oxygen atoms in total. The summed E-state index contributed by atoms with van der Waals surface area (Å²) in [6.45, 7) is 0. The van der Waals surface area contributed by atoms with Gasteiger partial charge in [-0.25, -0.2) is 0 Å². The molecule has 0 aliphatic heterocycles. The van der Waals surface area contributed by atoms with E-state index in [1.807, 2.05) is 0 Å². The second-order valence-corrected chi connectivity index (χ2v) is 13.6. The van der Waals surface area contributed by atoms with E-state index in [0.29, 0.717) is 0 Å². The van der Waals surface area contributed by atoms with E-state index in [2.05, 4.69) is 174 Å². The van der Waals surface area contributed by atoms with E-state index in [1.54, 1.807) is 0 Å². The molecule has 0 unspecified atom stereocenters. The number of hydrogen-bond donors (Lipinski definition) is 1. The molecule has 8 aromatic rings. The first kappa shape index (κ1) is 28.9. The van der Waals surface area contributed by atoms with Gasteiger partial charge in [0.15, 0.2) is 0 Å². The molecule has 238 valence electrons. The fourth-order valence-electron chi connectivity index (χ4n) is 8.32. The van der Waals surface area contributed by atoms with Gasteiger partial charge in [0.1, 0.15) is 0 Å². The van der Waals surface area contributed by atoms with E-state index in [0.717, 1.165) is 37.1 Å². The van der Waals surface area contributed by atoms with Crippen LogP contribution in [-0.4, -0.2) is 4.57 Å². The van der Waals surface area contributed by atoms with Crippen molar-refractivity contribution in [2.45, 2.75) is 25.7 Å². The molecule has 0 spiro atoms. The molecule has 0 radical (unpaired) electrons. The summed E-state index contributed by atoms with van der Waals surface area (Å²) in [4.78, 5) is 0. The molecule has 1 heterocycles. The maximum atomic E-state index is 3.78. The Morgan fingerprint density at radius 2 is 1.26 bits per heavy atom. The Balaban J connectivity index is 0.994. The number of hydrogen-bond acceptors (Lipinski definition) is 1. The van der Waals surface area contributed by atoms with Crippen LogP contribution in [0.1, 0.15) is 30.5 Å². The minimum atomic E-state index is 1.07. The quantitative estimate of drug-likeness (QED) is 0.185. The van der Waals surface area contributed by atoms with E-state index in [-0.39, 0.29) is 0 Å². The fourth-order valence-corrected chi connectivity index (χ4v) is 8.32. The van der Waals surface area contributed by atoms with E-state index < -0.39 is 0 Å². The first-order valence-corrected chi connectivity index (χ1v) is 17.8. The van der Waals surface area contributed by atoms with Gasteiger partial charge in [0.05, 0.1) is 0 Å². The van der Waals surface area contributed by atoms with Crippen molar-refractivity contribution in [2.75, 3.05) is 5.32 Å². The first-order valence-electron chi connectivity index (χ1n) is 17.8. The Morgan fingerprint density at radius 1 is 0.540 bits per heavy atom. The molecule has 1 N–H and O–H groups in total. The maximum absolute atomic E-state index is 3.78. The molecule has 1 aromatic heterocycles. The number of anilines is 2. The standard InChI is InChI=1S/C48H36N2/c1-4-14-39-34(11-1)25-30-43-38-13-3-2-12-35(38)31-44(48(39)43)40-15-5-8-18-45(40)49-36-26-21-32(22-27-36)33-23-28-37(29-24-33)50-46-19-9-6-16-41(46)42-17-7-10-20-47(42)50/h1-6,8,11-18,20-31,49H,7,9-10,19H2. The van der Waals surface area contributed by atoms with Crippen molar-refractivity contribution >= 4 is 61.9 Å². The van der Waals surface area contributed by atoms with Crippen LogP contribution in [0.5, 0.6) is 0 Å². The van der Waals surface area contributed by atoms with Crippen LogP contribution in [0.3, 0.4) is 0 Å². The van der Waals surface area contributed by atoms with Crippen molar-refractivity contribution in [3.8, 4) is 27.9 Å². The van der Waals surface area contributed by atoms with Gasteiger partial charge < -0.3 is 9.88 Å². The number of para-hydroxylation sites is 1. The minimum Gasteiger partial charge on any atom is -0.355 e. The Labute approximate surface area is 292 Å². The Bertz CT molecular complexity index is 2760. The largest absolute Gasteiger partial charge is 0.355 e. The number of rotatable bonds is 5. The molecule has 2 aliphatic rings. The highest BCUT2D eigenvalue weighted by Crippen LogP contribution is 2.42. The molecule has 2 aliphatic carbocycles. The highest BCUT2D eigenvalue weighted by molar-refractivity contribution is 6.23. The summed E-state index contributed by atoms with van der Waals surface area (Å²) in [7, 11) is 0. The van der Waals surface area contributed by atoms with Crippen molar-refractivity contribution in [1.29, 1.82) is 0 Å². The fraction of sp³-hybridized carbons (Fsp3) is 0.0833. The summed E-state index contributed by atoms with van der Waals surface area (Å²) >= 11 is 0. The normalized spacial score (nSPS) is 13.5. The third-order valence-electron chi connectivity index (χ3n) is 10.7. The van der Waals surface area contributed by atoms with Gasteiger partial charge in [0.25, 0.3) is 0 Å². The third kappa shape index (κ3) is 4.71. The number of benzene rings is 7. The van der Waals surface area contributed by atoms with Crippen molar-refractivity contribution < 1.29 is 0 Å². The molecule has 0 atom stereocenters. The van der Waals surface area contributed by atoms with E-state index in [9.17, 15) is 0 Å². The summed E-state index contributed by atoms with van der Waals surface area (Å²) in [6, 6.07) is 51.1. The number of allylic oxidation sites excluding steroid dienone is 1. The zero-order valence-corrected chi connectivity index (χ0v) is 27.9. The van der Waals surface area contributed by atoms with Crippen molar-refractivity contribution in [2.24, 2.45) is 0 Å². The minimum absolute atomic E-state index is 1.07.